The highest BCUT2D eigenvalue weighted by atomic mass is 16.5. The molecular formula is C9H17N3O2. The second-order valence-electron chi connectivity index (χ2n) is 3.48. The molecule has 1 rings (SSSR count). The molecule has 2 unspecified atom stereocenters. The first kappa shape index (κ1) is 11.0. The third-order valence-electron chi connectivity index (χ3n) is 2.56. The number of aliphatic imine (C=N–C) groups is 1. The topological polar surface area (TPSA) is 62.7 Å². The van der Waals surface area contributed by atoms with Crippen molar-refractivity contribution in [2.24, 2.45) is 4.99 Å². The Labute approximate surface area is 83.9 Å². The van der Waals surface area contributed by atoms with Gasteiger partial charge in [-0.2, -0.15) is 0 Å². The molecule has 2 atom stereocenters. The number of carbonyl (C=O) groups is 1. The van der Waals surface area contributed by atoms with Gasteiger partial charge in [0, 0.05) is 13.7 Å². The first-order chi connectivity index (χ1) is 6.54. The van der Waals surface area contributed by atoms with Crippen molar-refractivity contribution in [3.05, 3.63) is 0 Å². The number of nitrogens with one attached hydrogen (secondary N) is 2. The second kappa shape index (κ2) is 3.96. The van der Waals surface area contributed by atoms with Crippen LogP contribution in [0.15, 0.2) is 4.99 Å². The van der Waals surface area contributed by atoms with Crippen LogP contribution in [0.1, 0.15) is 20.8 Å². The van der Waals surface area contributed by atoms with E-state index < -0.39 is 5.54 Å². The monoisotopic (exact) mass is 199 g/mol. The van der Waals surface area contributed by atoms with Crippen LogP contribution in [0.5, 0.6) is 0 Å². The molecule has 1 heterocycles. The molecule has 5 nitrogen and oxygen atoms in total. The van der Waals surface area contributed by atoms with Crippen LogP contribution in [0.2, 0.25) is 0 Å². The van der Waals surface area contributed by atoms with Gasteiger partial charge in [0.1, 0.15) is 5.54 Å². The molecule has 2 N–H and O–H groups in total. The van der Waals surface area contributed by atoms with E-state index in [2.05, 4.69) is 15.6 Å². The predicted molar refractivity (Wildman–Crippen MR) is 54.1 cm³/mol. The fourth-order valence-electron chi connectivity index (χ4n) is 1.33. The lowest BCUT2D eigenvalue weighted by Crippen LogP contribution is -2.53. The van der Waals surface area contributed by atoms with Crippen molar-refractivity contribution < 1.29 is 9.53 Å². The Hall–Kier alpha value is -1.10. The van der Waals surface area contributed by atoms with Gasteiger partial charge in [0.25, 0.3) is 5.91 Å². The van der Waals surface area contributed by atoms with E-state index in [1.807, 2.05) is 13.8 Å². The van der Waals surface area contributed by atoms with Crippen LogP contribution in [0.25, 0.3) is 0 Å². The third kappa shape index (κ3) is 1.72. The number of guanidine groups is 1. The summed E-state index contributed by atoms with van der Waals surface area (Å²) in [6, 6.07) is 0. The van der Waals surface area contributed by atoms with Gasteiger partial charge >= 0.3 is 0 Å². The number of nitrogens with zero attached hydrogens (tertiary/aromatic N) is 1. The molecule has 0 aromatic heterocycles. The molecule has 1 saturated heterocycles. The Morgan fingerprint density at radius 1 is 1.64 bits per heavy atom. The van der Waals surface area contributed by atoms with Crippen LogP contribution in [-0.4, -0.2) is 37.2 Å². The van der Waals surface area contributed by atoms with Crippen molar-refractivity contribution in [3.8, 4) is 0 Å². The van der Waals surface area contributed by atoms with Gasteiger partial charge in [-0.3, -0.25) is 15.1 Å². The van der Waals surface area contributed by atoms with E-state index in [4.69, 9.17) is 4.74 Å². The first-order valence-electron chi connectivity index (χ1n) is 4.71. The van der Waals surface area contributed by atoms with E-state index in [0.29, 0.717) is 12.5 Å². The summed E-state index contributed by atoms with van der Waals surface area (Å²) in [5, 5.41) is 5.71. The van der Waals surface area contributed by atoms with Gasteiger partial charge in [0.15, 0.2) is 5.96 Å². The molecule has 0 aromatic rings. The summed E-state index contributed by atoms with van der Waals surface area (Å²) in [5.74, 6) is 0.433. The lowest BCUT2D eigenvalue weighted by Gasteiger charge is -2.27. The largest absolute Gasteiger partial charge is 0.379 e. The van der Waals surface area contributed by atoms with Gasteiger partial charge in [-0.15, -0.1) is 0 Å². The number of rotatable bonds is 3. The van der Waals surface area contributed by atoms with Gasteiger partial charge in [-0.1, -0.05) is 0 Å². The lowest BCUT2D eigenvalue weighted by molar-refractivity contribution is -0.127. The first-order valence-corrected chi connectivity index (χ1v) is 4.71. The Morgan fingerprint density at radius 3 is 2.79 bits per heavy atom. The zero-order valence-electron chi connectivity index (χ0n) is 9.05. The van der Waals surface area contributed by atoms with Crippen molar-refractivity contribution in [2.75, 3.05) is 13.7 Å². The maximum absolute atomic E-state index is 11.6. The second-order valence-corrected chi connectivity index (χ2v) is 3.48. The summed E-state index contributed by atoms with van der Waals surface area (Å²) < 4.78 is 5.16. The Balaban J connectivity index is 2.82. The molecule has 80 valence electrons. The molecule has 0 aliphatic carbocycles. The minimum Gasteiger partial charge on any atom is -0.379 e. The fourth-order valence-corrected chi connectivity index (χ4v) is 1.33. The molecule has 0 saturated carbocycles. The van der Waals surface area contributed by atoms with Gasteiger partial charge < -0.3 is 10.1 Å². The van der Waals surface area contributed by atoms with Gasteiger partial charge in [-0.05, 0) is 20.8 Å². The molecule has 1 aliphatic heterocycles. The zero-order chi connectivity index (χ0) is 10.8. The normalized spacial score (nSPS) is 31.4. The zero-order valence-corrected chi connectivity index (χ0v) is 9.05. The van der Waals surface area contributed by atoms with Crippen LogP contribution in [0.4, 0.5) is 0 Å². The standard InChI is InChI=1S/C9H17N3O2/c1-5-10-8-11-7(13)9(3,12-8)6(2)14-4/h6H,5H2,1-4H3,(H2,10,11,12,13). The predicted octanol–water partition coefficient (Wildman–Crippen LogP) is -0.125. The summed E-state index contributed by atoms with van der Waals surface area (Å²) in [4.78, 5) is 15.8. The van der Waals surface area contributed by atoms with Crippen molar-refractivity contribution in [1.29, 1.82) is 0 Å². The maximum atomic E-state index is 11.6. The van der Waals surface area contributed by atoms with Crippen molar-refractivity contribution in [2.45, 2.75) is 32.4 Å². The number of ether oxygens (including phenoxy) is 1. The van der Waals surface area contributed by atoms with Crippen molar-refractivity contribution in [1.82, 2.24) is 10.6 Å². The van der Waals surface area contributed by atoms with E-state index in [0.717, 1.165) is 0 Å². The number of amides is 1. The summed E-state index contributed by atoms with van der Waals surface area (Å²) >= 11 is 0. The Kier molecular flexibility index (Phi) is 3.10. The quantitative estimate of drug-likeness (QED) is 0.666. The summed E-state index contributed by atoms with van der Waals surface area (Å²) in [5.41, 5.74) is -0.719. The van der Waals surface area contributed by atoms with Gasteiger partial charge in [0.05, 0.1) is 6.10 Å². The van der Waals surface area contributed by atoms with Gasteiger partial charge in [-0.25, -0.2) is 0 Å². The highest BCUT2D eigenvalue weighted by Crippen LogP contribution is 2.16. The minimum atomic E-state index is -0.719. The molecule has 1 amide bonds. The summed E-state index contributed by atoms with van der Waals surface area (Å²) in [6.07, 6.45) is -0.202. The van der Waals surface area contributed by atoms with Crippen molar-refractivity contribution >= 4 is 11.9 Å². The Morgan fingerprint density at radius 2 is 2.29 bits per heavy atom. The van der Waals surface area contributed by atoms with Crippen LogP contribution in [-0.2, 0) is 9.53 Å². The average molecular weight is 199 g/mol. The summed E-state index contributed by atoms with van der Waals surface area (Å²) in [6.45, 7) is 6.20. The minimum absolute atomic E-state index is 0.0981. The van der Waals surface area contributed by atoms with E-state index in [-0.39, 0.29) is 12.0 Å². The third-order valence-corrected chi connectivity index (χ3v) is 2.56. The molecule has 5 heteroatoms. The molecule has 1 aliphatic rings. The summed E-state index contributed by atoms with van der Waals surface area (Å²) in [7, 11) is 1.58. The molecule has 0 radical (unpaired) electrons. The number of hydrogen-bond acceptors (Lipinski definition) is 3. The lowest BCUT2D eigenvalue weighted by atomic mass is 9.96. The van der Waals surface area contributed by atoms with E-state index in [1.54, 1.807) is 14.0 Å². The van der Waals surface area contributed by atoms with Crippen LogP contribution < -0.4 is 10.6 Å². The highest BCUT2D eigenvalue weighted by molar-refractivity contribution is 6.09. The number of methoxy groups -OCH3 is 1. The highest BCUT2D eigenvalue weighted by Gasteiger charge is 2.45. The van der Waals surface area contributed by atoms with E-state index >= 15 is 0 Å². The molecule has 1 fully saturated rings. The number of hydrogen-bond donors (Lipinski definition) is 2. The van der Waals surface area contributed by atoms with Crippen LogP contribution in [0.3, 0.4) is 0 Å². The van der Waals surface area contributed by atoms with Gasteiger partial charge in [0.2, 0.25) is 0 Å². The maximum Gasteiger partial charge on any atom is 0.254 e. The molecular weight excluding hydrogens is 182 g/mol. The molecule has 0 bridgehead atoms. The number of carbonyl (C=O) groups excluding carboxylic acids is 1. The molecule has 0 spiro atoms. The van der Waals surface area contributed by atoms with E-state index in [1.165, 1.54) is 0 Å². The smallest absolute Gasteiger partial charge is 0.254 e. The van der Waals surface area contributed by atoms with Crippen LogP contribution in [0, 0.1) is 0 Å². The molecule has 0 aromatic carbocycles. The van der Waals surface area contributed by atoms with Crippen molar-refractivity contribution in [3.63, 3.8) is 0 Å². The Bertz CT molecular complexity index is 265. The van der Waals surface area contributed by atoms with E-state index in [9.17, 15) is 4.79 Å². The molecule has 14 heavy (non-hydrogen) atoms. The average Bonchev–Trinajstić information content (AvgIpc) is 2.43. The SMILES string of the molecule is CCN=C1NC(=O)C(C)(C(C)OC)N1. The van der Waals surface area contributed by atoms with Crippen LogP contribution >= 0.6 is 0 Å². The fraction of sp³-hybridized carbons (Fsp3) is 0.778.